The second kappa shape index (κ2) is 5.63. The van der Waals surface area contributed by atoms with Gasteiger partial charge in [-0.05, 0) is 12.8 Å². The first kappa shape index (κ1) is 11.0. The third kappa shape index (κ3) is 3.29. The molecule has 0 aromatic rings. The Morgan fingerprint density at radius 3 is 2.69 bits per heavy atom. The van der Waals surface area contributed by atoms with Gasteiger partial charge in [-0.2, -0.15) is 0 Å². The molecular formula is C10H17ClO2. The lowest BCUT2D eigenvalue weighted by Crippen LogP contribution is -2.31. The molecule has 0 saturated carbocycles. The third-order valence-corrected chi connectivity index (χ3v) is 2.59. The second-order valence-corrected chi connectivity index (χ2v) is 3.69. The van der Waals surface area contributed by atoms with Crippen LogP contribution in [0.5, 0.6) is 0 Å². The summed E-state index contributed by atoms with van der Waals surface area (Å²) in [6, 6.07) is 0. The Morgan fingerprint density at radius 1 is 1.54 bits per heavy atom. The first-order valence-corrected chi connectivity index (χ1v) is 5.22. The maximum Gasteiger partial charge on any atom is 0.164 e. The Kier molecular flexibility index (Phi) is 4.78. The number of hydrogen-bond donors (Lipinski definition) is 0. The average Bonchev–Trinajstić information content (AvgIpc) is 2.18. The molecule has 1 saturated heterocycles. The van der Waals surface area contributed by atoms with Crippen LogP contribution in [0.25, 0.3) is 0 Å². The molecule has 3 heteroatoms. The van der Waals surface area contributed by atoms with E-state index >= 15 is 0 Å². The smallest absolute Gasteiger partial charge is 0.164 e. The molecule has 0 amide bonds. The minimum atomic E-state index is -0.149. The topological polar surface area (TPSA) is 18.5 Å². The van der Waals surface area contributed by atoms with E-state index in [1.54, 1.807) is 0 Å². The standard InChI is InChI=1S/C10H17ClO2/c1-3-5-9(11)8(2)10-12-6-4-7-13-10/h5,8,10H,3-4,6-7H2,1-2H3/b9-5+. The van der Waals surface area contributed by atoms with Gasteiger partial charge in [0, 0.05) is 11.0 Å². The van der Waals surface area contributed by atoms with Crippen molar-refractivity contribution in [2.75, 3.05) is 13.2 Å². The first-order chi connectivity index (χ1) is 6.25. The molecule has 13 heavy (non-hydrogen) atoms. The van der Waals surface area contributed by atoms with Gasteiger partial charge in [0.05, 0.1) is 13.2 Å². The van der Waals surface area contributed by atoms with Gasteiger partial charge < -0.3 is 9.47 Å². The lowest BCUT2D eigenvalue weighted by Gasteiger charge is -2.28. The fourth-order valence-corrected chi connectivity index (χ4v) is 1.56. The van der Waals surface area contributed by atoms with Crippen LogP contribution in [0.3, 0.4) is 0 Å². The van der Waals surface area contributed by atoms with Gasteiger partial charge in [-0.25, -0.2) is 0 Å². The number of ether oxygens (including phenoxy) is 2. The van der Waals surface area contributed by atoms with Crippen molar-refractivity contribution in [3.8, 4) is 0 Å². The molecule has 2 nitrogen and oxygen atoms in total. The summed E-state index contributed by atoms with van der Waals surface area (Å²) in [7, 11) is 0. The maximum absolute atomic E-state index is 6.07. The molecule has 0 radical (unpaired) electrons. The molecule has 1 atom stereocenters. The Hall–Kier alpha value is -0.0500. The molecule has 1 aliphatic heterocycles. The zero-order valence-electron chi connectivity index (χ0n) is 8.25. The summed E-state index contributed by atoms with van der Waals surface area (Å²) in [4.78, 5) is 0. The third-order valence-electron chi connectivity index (χ3n) is 2.10. The van der Waals surface area contributed by atoms with Gasteiger partial charge in [0.1, 0.15) is 0 Å². The van der Waals surface area contributed by atoms with Crippen molar-refractivity contribution in [1.82, 2.24) is 0 Å². The van der Waals surface area contributed by atoms with Gasteiger partial charge in [-0.1, -0.05) is 31.5 Å². The van der Waals surface area contributed by atoms with Crippen LogP contribution in [0, 0.1) is 5.92 Å². The molecule has 1 rings (SSSR count). The molecular weight excluding hydrogens is 188 g/mol. The highest BCUT2D eigenvalue weighted by atomic mass is 35.5. The summed E-state index contributed by atoms with van der Waals surface area (Å²) >= 11 is 6.07. The van der Waals surface area contributed by atoms with Gasteiger partial charge in [0.2, 0.25) is 0 Å². The molecule has 76 valence electrons. The number of allylic oxidation sites excluding steroid dienone is 1. The summed E-state index contributed by atoms with van der Waals surface area (Å²) in [5, 5.41) is 0.842. The Balaban J connectivity index is 2.44. The van der Waals surface area contributed by atoms with Crippen LogP contribution in [0.4, 0.5) is 0 Å². The van der Waals surface area contributed by atoms with Crippen molar-refractivity contribution in [3.63, 3.8) is 0 Å². The number of halogens is 1. The van der Waals surface area contributed by atoms with Crippen LogP contribution in [-0.2, 0) is 9.47 Å². The minimum absolute atomic E-state index is 0.149. The second-order valence-electron chi connectivity index (χ2n) is 3.25. The summed E-state index contributed by atoms with van der Waals surface area (Å²) in [6.45, 7) is 5.67. The SMILES string of the molecule is CC/C=C(/Cl)C(C)C1OCCCO1. The van der Waals surface area contributed by atoms with Crippen molar-refractivity contribution < 1.29 is 9.47 Å². The van der Waals surface area contributed by atoms with Crippen LogP contribution in [0.2, 0.25) is 0 Å². The molecule has 0 bridgehead atoms. The van der Waals surface area contributed by atoms with E-state index in [9.17, 15) is 0 Å². The lowest BCUT2D eigenvalue weighted by atomic mass is 10.1. The van der Waals surface area contributed by atoms with Gasteiger partial charge in [-0.15, -0.1) is 0 Å². The summed E-state index contributed by atoms with van der Waals surface area (Å²) < 4.78 is 10.9. The van der Waals surface area contributed by atoms with Gasteiger partial charge in [0.15, 0.2) is 6.29 Å². The van der Waals surface area contributed by atoms with Crippen molar-refractivity contribution in [2.24, 2.45) is 5.92 Å². The zero-order valence-corrected chi connectivity index (χ0v) is 9.01. The fourth-order valence-electron chi connectivity index (χ4n) is 1.31. The molecule has 1 heterocycles. The Morgan fingerprint density at radius 2 is 2.15 bits per heavy atom. The van der Waals surface area contributed by atoms with Crippen molar-refractivity contribution in [1.29, 1.82) is 0 Å². The number of rotatable bonds is 3. The normalized spacial score (nSPS) is 23.2. The summed E-state index contributed by atoms with van der Waals surface area (Å²) in [5.74, 6) is 0.155. The summed E-state index contributed by atoms with van der Waals surface area (Å²) in [5.41, 5.74) is 0. The van der Waals surface area contributed by atoms with Gasteiger partial charge >= 0.3 is 0 Å². The zero-order chi connectivity index (χ0) is 9.68. The minimum Gasteiger partial charge on any atom is -0.352 e. The molecule has 0 N–H and O–H groups in total. The van der Waals surface area contributed by atoms with Crippen LogP contribution >= 0.6 is 11.6 Å². The van der Waals surface area contributed by atoms with E-state index in [1.807, 2.05) is 13.0 Å². The molecule has 1 fully saturated rings. The largest absolute Gasteiger partial charge is 0.352 e. The fraction of sp³-hybridized carbons (Fsp3) is 0.800. The van der Waals surface area contributed by atoms with E-state index in [2.05, 4.69) is 6.92 Å². The summed E-state index contributed by atoms with van der Waals surface area (Å²) in [6.07, 6.45) is 3.80. The van der Waals surface area contributed by atoms with Crippen molar-refractivity contribution in [3.05, 3.63) is 11.1 Å². The van der Waals surface area contributed by atoms with Crippen LogP contribution in [0.1, 0.15) is 26.7 Å². The van der Waals surface area contributed by atoms with E-state index < -0.39 is 0 Å². The van der Waals surface area contributed by atoms with Crippen LogP contribution in [-0.4, -0.2) is 19.5 Å². The van der Waals surface area contributed by atoms with E-state index in [0.717, 1.165) is 31.1 Å². The van der Waals surface area contributed by atoms with Crippen molar-refractivity contribution in [2.45, 2.75) is 33.0 Å². The van der Waals surface area contributed by atoms with Gasteiger partial charge in [0.25, 0.3) is 0 Å². The molecule has 0 spiro atoms. The highest BCUT2D eigenvalue weighted by molar-refractivity contribution is 6.29. The van der Waals surface area contributed by atoms with E-state index in [0.29, 0.717) is 0 Å². The quantitative estimate of drug-likeness (QED) is 0.704. The Labute approximate surface area is 84.9 Å². The van der Waals surface area contributed by atoms with Gasteiger partial charge in [-0.3, -0.25) is 0 Å². The van der Waals surface area contributed by atoms with E-state index in [4.69, 9.17) is 21.1 Å². The highest BCUT2D eigenvalue weighted by Crippen LogP contribution is 2.24. The highest BCUT2D eigenvalue weighted by Gasteiger charge is 2.23. The predicted octanol–water partition coefficient (Wildman–Crippen LogP) is 2.92. The maximum atomic E-state index is 6.07. The van der Waals surface area contributed by atoms with E-state index in [-0.39, 0.29) is 12.2 Å². The Bertz CT molecular complexity index is 174. The predicted molar refractivity (Wildman–Crippen MR) is 53.7 cm³/mol. The van der Waals surface area contributed by atoms with Crippen LogP contribution in [0.15, 0.2) is 11.1 Å². The van der Waals surface area contributed by atoms with E-state index in [1.165, 1.54) is 0 Å². The molecule has 0 aromatic carbocycles. The van der Waals surface area contributed by atoms with Crippen molar-refractivity contribution >= 4 is 11.6 Å². The monoisotopic (exact) mass is 204 g/mol. The average molecular weight is 205 g/mol. The molecule has 0 aromatic heterocycles. The first-order valence-electron chi connectivity index (χ1n) is 4.84. The molecule has 1 aliphatic rings. The number of hydrogen-bond acceptors (Lipinski definition) is 2. The molecule has 1 unspecified atom stereocenters. The van der Waals surface area contributed by atoms with Crippen LogP contribution < -0.4 is 0 Å². The molecule has 0 aliphatic carbocycles. The lowest BCUT2D eigenvalue weighted by molar-refractivity contribution is -0.194.